The van der Waals surface area contributed by atoms with Crippen molar-refractivity contribution in [2.45, 2.75) is 31.5 Å². The van der Waals surface area contributed by atoms with Crippen LogP contribution in [0.25, 0.3) is 11.0 Å². The monoisotopic (exact) mass is 312 g/mol. The zero-order chi connectivity index (χ0) is 15.7. The third-order valence-electron chi connectivity index (χ3n) is 3.82. The number of nitrogens with zero attached hydrogens (tertiary/aromatic N) is 3. The average molecular weight is 312 g/mol. The van der Waals surface area contributed by atoms with E-state index in [-0.39, 0.29) is 12.4 Å². The Hall–Kier alpha value is -1.96. The van der Waals surface area contributed by atoms with Crippen LogP contribution in [0.15, 0.2) is 18.5 Å². The molecule has 0 amide bonds. The van der Waals surface area contributed by atoms with E-state index in [4.69, 9.17) is 0 Å². The smallest absolute Gasteiger partial charge is 0.346 e. The Morgan fingerprint density at radius 1 is 1.41 bits per heavy atom. The van der Waals surface area contributed by atoms with Crippen LogP contribution in [-0.4, -0.2) is 50.9 Å². The standard InChI is InChI=1S/C14H15F3N4O/c15-14(16,17)8-21-6-2-1-3-10(21)11(22)13-19-7-9-4-5-18-12(9)20-13/h4-5,7,10H,1-3,6,8H2,(H,18,19,20). The summed E-state index contributed by atoms with van der Waals surface area (Å²) in [5.74, 6) is -0.477. The number of alkyl halides is 3. The van der Waals surface area contributed by atoms with Crippen LogP contribution in [0.4, 0.5) is 13.2 Å². The summed E-state index contributed by atoms with van der Waals surface area (Å²) in [6, 6.07) is 0.961. The molecule has 8 heteroatoms. The number of hydrogen-bond donors (Lipinski definition) is 1. The minimum Gasteiger partial charge on any atom is -0.346 e. The number of halogens is 3. The van der Waals surface area contributed by atoms with Gasteiger partial charge < -0.3 is 4.98 Å². The lowest BCUT2D eigenvalue weighted by molar-refractivity contribution is -0.151. The second-order valence-corrected chi connectivity index (χ2v) is 5.44. The molecule has 1 fully saturated rings. The van der Waals surface area contributed by atoms with Gasteiger partial charge in [-0.15, -0.1) is 0 Å². The number of ketones is 1. The lowest BCUT2D eigenvalue weighted by Crippen LogP contribution is -2.49. The van der Waals surface area contributed by atoms with Crippen molar-refractivity contribution in [1.29, 1.82) is 0 Å². The third kappa shape index (κ3) is 3.11. The number of carbonyl (C=O) groups excluding carboxylic acids is 1. The highest BCUT2D eigenvalue weighted by Gasteiger charge is 2.38. The van der Waals surface area contributed by atoms with E-state index in [0.717, 1.165) is 11.8 Å². The molecule has 0 radical (unpaired) electrons. The van der Waals surface area contributed by atoms with Gasteiger partial charge in [-0.1, -0.05) is 6.42 Å². The largest absolute Gasteiger partial charge is 0.401 e. The Labute approximate surface area is 124 Å². The van der Waals surface area contributed by atoms with Gasteiger partial charge >= 0.3 is 6.18 Å². The maximum absolute atomic E-state index is 12.7. The molecular formula is C14H15F3N4O. The Kier molecular flexibility index (Phi) is 3.86. The lowest BCUT2D eigenvalue weighted by atomic mass is 9.98. The van der Waals surface area contributed by atoms with Crippen molar-refractivity contribution < 1.29 is 18.0 Å². The van der Waals surface area contributed by atoms with Crippen molar-refractivity contribution in [3.05, 3.63) is 24.3 Å². The molecule has 0 spiro atoms. The number of rotatable bonds is 3. The topological polar surface area (TPSA) is 61.9 Å². The Balaban J connectivity index is 1.84. The van der Waals surface area contributed by atoms with Crippen LogP contribution in [0.5, 0.6) is 0 Å². The summed E-state index contributed by atoms with van der Waals surface area (Å²) < 4.78 is 38.0. The van der Waals surface area contributed by atoms with E-state index in [0.29, 0.717) is 18.5 Å². The normalized spacial score (nSPS) is 20.4. The minimum atomic E-state index is -4.32. The Morgan fingerprint density at radius 2 is 2.23 bits per heavy atom. The van der Waals surface area contributed by atoms with Crippen molar-refractivity contribution in [2.24, 2.45) is 0 Å². The second kappa shape index (κ2) is 5.68. The SMILES string of the molecule is O=C(c1ncc2cc[nH]c2n1)C1CCCCN1CC(F)(F)F. The first-order valence-electron chi connectivity index (χ1n) is 7.09. The molecule has 1 atom stereocenters. The fraction of sp³-hybridized carbons (Fsp3) is 0.500. The molecule has 5 nitrogen and oxygen atoms in total. The third-order valence-corrected chi connectivity index (χ3v) is 3.82. The van der Waals surface area contributed by atoms with Crippen molar-refractivity contribution in [3.63, 3.8) is 0 Å². The number of Topliss-reactive ketones (excluding diaryl/α,β-unsaturated/α-hetero) is 1. The number of H-pyrrole nitrogens is 1. The number of fused-ring (bicyclic) bond motifs is 1. The van der Waals surface area contributed by atoms with Gasteiger partial charge in [-0.3, -0.25) is 9.69 Å². The summed E-state index contributed by atoms with van der Waals surface area (Å²) >= 11 is 0. The van der Waals surface area contributed by atoms with Crippen LogP contribution >= 0.6 is 0 Å². The zero-order valence-electron chi connectivity index (χ0n) is 11.7. The number of aromatic nitrogens is 3. The molecule has 0 bridgehead atoms. The van der Waals surface area contributed by atoms with E-state index >= 15 is 0 Å². The Bertz CT molecular complexity index is 682. The quantitative estimate of drug-likeness (QED) is 0.885. The molecule has 1 N–H and O–H groups in total. The number of carbonyl (C=O) groups is 1. The molecule has 1 unspecified atom stereocenters. The molecule has 0 aliphatic carbocycles. The highest BCUT2D eigenvalue weighted by Crippen LogP contribution is 2.25. The van der Waals surface area contributed by atoms with Crippen LogP contribution in [0, 0.1) is 0 Å². The van der Waals surface area contributed by atoms with Crippen molar-refractivity contribution >= 4 is 16.8 Å². The minimum absolute atomic E-state index is 0.0333. The van der Waals surface area contributed by atoms with Crippen LogP contribution in [0.2, 0.25) is 0 Å². The first-order chi connectivity index (χ1) is 10.4. The van der Waals surface area contributed by atoms with Gasteiger partial charge in [0.2, 0.25) is 5.78 Å². The predicted octanol–water partition coefficient (Wildman–Crippen LogP) is 2.56. The van der Waals surface area contributed by atoms with E-state index in [2.05, 4.69) is 15.0 Å². The highest BCUT2D eigenvalue weighted by atomic mass is 19.4. The summed E-state index contributed by atoms with van der Waals surface area (Å²) in [6.07, 6.45) is 0.653. The average Bonchev–Trinajstić information content (AvgIpc) is 2.92. The van der Waals surface area contributed by atoms with Gasteiger partial charge in [0, 0.05) is 17.8 Å². The maximum Gasteiger partial charge on any atom is 0.401 e. The molecule has 22 heavy (non-hydrogen) atoms. The van der Waals surface area contributed by atoms with E-state index in [1.165, 1.54) is 11.1 Å². The van der Waals surface area contributed by atoms with E-state index in [1.54, 1.807) is 12.3 Å². The molecule has 3 rings (SSSR count). The molecule has 1 saturated heterocycles. The summed E-state index contributed by atoms with van der Waals surface area (Å²) in [5, 5.41) is 0.757. The van der Waals surface area contributed by atoms with Crippen LogP contribution in [-0.2, 0) is 0 Å². The van der Waals surface area contributed by atoms with Gasteiger partial charge in [-0.05, 0) is 25.5 Å². The number of likely N-dealkylation sites (tertiary alicyclic amines) is 1. The lowest BCUT2D eigenvalue weighted by Gasteiger charge is -2.34. The highest BCUT2D eigenvalue weighted by molar-refractivity contribution is 5.98. The number of hydrogen-bond acceptors (Lipinski definition) is 4. The van der Waals surface area contributed by atoms with Gasteiger partial charge in [0.05, 0.1) is 12.6 Å². The number of aromatic amines is 1. The summed E-state index contributed by atoms with van der Waals surface area (Å²) in [6.45, 7) is -0.811. The molecule has 2 aromatic heterocycles. The second-order valence-electron chi connectivity index (χ2n) is 5.44. The van der Waals surface area contributed by atoms with Gasteiger partial charge in [-0.2, -0.15) is 13.2 Å². The molecular weight excluding hydrogens is 297 g/mol. The van der Waals surface area contributed by atoms with Crippen molar-refractivity contribution in [2.75, 3.05) is 13.1 Å². The number of piperidine rings is 1. The zero-order valence-corrected chi connectivity index (χ0v) is 11.7. The van der Waals surface area contributed by atoms with Crippen molar-refractivity contribution in [3.8, 4) is 0 Å². The molecule has 118 valence electrons. The number of nitrogens with one attached hydrogen (secondary N) is 1. The van der Waals surface area contributed by atoms with Gasteiger partial charge in [0.15, 0.2) is 5.82 Å². The molecule has 1 aliphatic rings. The molecule has 3 heterocycles. The fourth-order valence-corrected chi connectivity index (χ4v) is 2.81. The fourth-order valence-electron chi connectivity index (χ4n) is 2.81. The van der Waals surface area contributed by atoms with Gasteiger partial charge in [0.25, 0.3) is 0 Å². The van der Waals surface area contributed by atoms with E-state index in [9.17, 15) is 18.0 Å². The van der Waals surface area contributed by atoms with Crippen molar-refractivity contribution in [1.82, 2.24) is 19.9 Å². The van der Waals surface area contributed by atoms with Crippen LogP contribution in [0.1, 0.15) is 29.9 Å². The van der Waals surface area contributed by atoms with Crippen LogP contribution in [0.3, 0.4) is 0 Å². The predicted molar refractivity (Wildman–Crippen MR) is 73.5 cm³/mol. The molecule has 0 saturated carbocycles. The van der Waals surface area contributed by atoms with Gasteiger partial charge in [-0.25, -0.2) is 9.97 Å². The molecule has 2 aromatic rings. The Morgan fingerprint density at radius 3 is 3.00 bits per heavy atom. The first kappa shape index (κ1) is 15.0. The van der Waals surface area contributed by atoms with Crippen LogP contribution < -0.4 is 0 Å². The summed E-state index contributed by atoms with van der Waals surface area (Å²) in [4.78, 5) is 24.7. The summed E-state index contributed by atoms with van der Waals surface area (Å²) in [7, 11) is 0. The van der Waals surface area contributed by atoms with E-state index < -0.39 is 24.5 Å². The first-order valence-corrected chi connectivity index (χ1v) is 7.09. The summed E-state index contributed by atoms with van der Waals surface area (Å²) in [5.41, 5.74) is 0.511. The molecule has 0 aromatic carbocycles. The van der Waals surface area contributed by atoms with E-state index in [1.807, 2.05) is 0 Å². The molecule has 1 aliphatic heterocycles. The maximum atomic E-state index is 12.7. The van der Waals surface area contributed by atoms with Gasteiger partial charge in [0.1, 0.15) is 5.65 Å².